The van der Waals surface area contributed by atoms with Gasteiger partial charge in [-0.1, -0.05) is 30.3 Å². The lowest BCUT2D eigenvalue weighted by atomic mass is 9.68. The molecule has 0 saturated heterocycles. The van der Waals surface area contributed by atoms with E-state index in [9.17, 15) is 13.2 Å². The fourth-order valence-electron chi connectivity index (χ4n) is 7.64. The molecule has 4 aromatic carbocycles. The van der Waals surface area contributed by atoms with E-state index < -0.39 is 10.0 Å². The normalized spacial score (nSPS) is 23.2. The minimum atomic E-state index is -3.92. The third kappa shape index (κ3) is 5.05. The predicted octanol–water partition coefficient (Wildman–Crippen LogP) is 7.05. The molecule has 1 aliphatic heterocycles. The summed E-state index contributed by atoms with van der Waals surface area (Å²) < 4.78 is 39.3. The van der Waals surface area contributed by atoms with Gasteiger partial charge in [-0.3, -0.25) is 9.52 Å². The van der Waals surface area contributed by atoms with E-state index in [0.29, 0.717) is 46.4 Å². The Labute approximate surface area is 257 Å². The minimum Gasteiger partial charge on any atom is -0.497 e. The molecule has 44 heavy (non-hydrogen) atoms. The molecule has 0 aromatic heterocycles. The highest BCUT2D eigenvalue weighted by Gasteiger charge is 2.53. The molecule has 0 radical (unpaired) electrons. The summed E-state index contributed by atoms with van der Waals surface area (Å²) in [5.41, 5.74) is 5.03. The molecule has 0 unspecified atom stereocenters. The van der Waals surface area contributed by atoms with E-state index in [4.69, 9.17) is 9.47 Å². The van der Waals surface area contributed by atoms with Crippen molar-refractivity contribution in [2.75, 3.05) is 29.6 Å². The lowest BCUT2D eigenvalue weighted by Crippen LogP contribution is -2.35. The number of nitrogens with one attached hydrogen (secondary N) is 3. The molecule has 2 fully saturated rings. The van der Waals surface area contributed by atoms with Crippen LogP contribution in [0.15, 0.2) is 95.9 Å². The van der Waals surface area contributed by atoms with Crippen molar-refractivity contribution in [2.45, 2.75) is 36.1 Å². The quantitative estimate of drug-likeness (QED) is 0.198. The Morgan fingerprint density at radius 1 is 0.864 bits per heavy atom. The van der Waals surface area contributed by atoms with Crippen molar-refractivity contribution < 1.29 is 22.7 Å². The Morgan fingerprint density at radius 2 is 1.64 bits per heavy atom. The van der Waals surface area contributed by atoms with E-state index in [0.717, 1.165) is 5.69 Å². The highest BCUT2D eigenvalue weighted by molar-refractivity contribution is 7.92. The summed E-state index contributed by atoms with van der Waals surface area (Å²) in [6.07, 6.45) is 3.78. The molecule has 3 N–H and O–H groups in total. The topological polar surface area (TPSA) is 106 Å². The number of fused-ring (bicyclic) bond motifs is 7. The zero-order chi connectivity index (χ0) is 30.4. The molecule has 8 nitrogen and oxygen atoms in total. The summed E-state index contributed by atoms with van der Waals surface area (Å²) in [5, 5.41) is 6.77. The van der Waals surface area contributed by atoms with Crippen LogP contribution in [0.2, 0.25) is 0 Å². The molecule has 0 spiro atoms. The summed E-state index contributed by atoms with van der Waals surface area (Å²) in [5.74, 6) is 2.92. The van der Waals surface area contributed by atoms with E-state index in [1.165, 1.54) is 56.7 Å². The van der Waals surface area contributed by atoms with Gasteiger partial charge in [-0.15, -0.1) is 0 Å². The molecule has 9 heteroatoms. The van der Waals surface area contributed by atoms with Gasteiger partial charge in [-0.2, -0.15) is 0 Å². The maximum Gasteiger partial charge on any atom is 0.262 e. The number of benzene rings is 4. The lowest BCUT2D eigenvalue weighted by Gasteiger charge is -2.43. The molecule has 7 rings (SSSR count). The van der Waals surface area contributed by atoms with Crippen LogP contribution in [-0.2, 0) is 10.0 Å². The molecule has 1 amide bonds. The first-order valence-electron chi connectivity index (χ1n) is 15.0. The number of hydrogen-bond donors (Lipinski definition) is 3. The average molecular weight is 610 g/mol. The molecule has 2 aliphatic carbocycles. The highest BCUT2D eigenvalue weighted by atomic mass is 32.2. The van der Waals surface area contributed by atoms with E-state index in [1.54, 1.807) is 30.3 Å². The van der Waals surface area contributed by atoms with Crippen LogP contribution >= 0.6 is 0 Å². The fraction of sp³-hybridized carbons (Fsp3) is 0.286. The number of ether oxygens (including phenoxy) is 2. The van der Waals surface area contributed by atoms with Crippen LogP contribution in [0.1, 0.15) is 52.7 Å². The Kier molecular flexibility index (Phi) is 7.20. The number of anilines is 3. The molecule has 1 heterocycles. The van der Waals surface area contributed by atoms with Crippen LogP contribution in [0.5, 0.6) is 11.5 Å². The summed E-state index contributed by atoms with van der Waals surface area (Å²) in [6, 6.07) is 27.9. The van der Waals surface area contributed by atoms with Crippen molar-refractivity contribution >= 4 is 33.0 Å². The first-order valence-corrected chi connectivity index (χ1v) is 16.4. The van der Waals surface area contributed by atoms with Crippen molar-refractivity contribution in [1.29, 1.82) is 0 Å². The van der Waals surface area contributed by atoms with Crippen LogP contribution in [-0.4, -0.2) is 28.5 Å². The maximum atomic E-state index is 13.4. The SMILES string of the molecule is COc1ccc(OC)c(NS(=O)(=O)c2ccc(NC(=O)c3ccc4c(c3)[C@@H]3[C@H]5CC[C@@H](C5)[C@H]3[C@@H](c3ccccc3)N4)cc2)c1. The second-order valence-corrected chi connectivity index (χ2v) is 13.6. The number of hydrogen-bond acceptors (Lipinski definition) is 6. The van der Waals surface area contributed by atoms with Gasteiger partial charge in [0.2, 0.25) is 0 Å². The third-order valence-corrected chi connectivity index (χ3v) is 11.0. The van der Waals surface area contributed by atoms with Crippen molar-refractivity contribution in [3.8, 4) is 11.5 Å². The number of methoxy groups -OCH3 is 2. The van der Waals surface area contributed by atoms with Gasteiger partial charge in [0.1, 0.15) is 11.5 Å². The van der Waals surface area contributed by atoms with Crippen molar-refractivity contribution in [1.82, 2.24) is 0 Å². The Morgan fingerprint density at radius 3 is 2.39 bits per heavy atom. The summed E-state index contributed by atoms with van der Waals surface area (Å²) in [7, 11) is -0.951. The molecule has 5 atom stereocenters. The number of carbonyl (C=O) groups excluding carboxylic acids is 1. The second kappa shape index (κ2) is 11.2. The molecule has 2 bridgehead atoms. The van der Waals surface area contributed by atoms with Gasteiger partial charge >= 0.3 is 0 Å². The van der Waals surface area contributed by atoms with Gasteiger partial charge in [0.05, 0.1) is 30.8 Å². The molecule has 226 valence electrons. The van der Waals surface area contributed by atoms with Crippen LogP contribution in [0, 0.1) is 17.8 Å². The predicted molar refractivity (Wildman–Crippen MR) is 171 cm³/mol. The lowest BCUT2D eigenvalue weighted by molar-refractivity contribution is 0.102. The standard InChI is InChI=1S/C35H35N3O5S/c1-42-26-13-17-31(43-2)30(20-26)38-44(40,41)27-14-11-25(12-15-27)36-35(39)24-10-16-29-28(19-24)32-22-8-9-23(18-22)33(32)34(37-29)21-6-4-3-5-7-21/h3-7,10-17,19-20,22-23,32-34,37-38H,8-9,18H2,1-2H3,(H,36,39)/t22-,23-,32-,33+,34+/m0/s1. The van der Waals surface area contributed by atoms with Crippen molar-refractivity contribution in [2.24, 2.45) is 17.8 Å². The van der Waals surface area contributed by atoms with E-state index >= 15 is 0 Å². The zero-order valence-corrected chi connectivity index (χ0v) is 25.4. The molecular weight excluding hydrogens is 574 g/mol. The van der Waals surface area contributed by atoms with Crippen LogP contribution in [0.25, 0.3) is 0 Å². The van der Waals surface area contributed by atoms with Crippen molar-refractivity contribution in [3.05, 3.63) is 108 Å². The van der Waals surface area contributed by atoms with E-state index in [-0.39, 0.29) is 22.5 Å². The van der Waals surface area contributed by atoms with Gasteiger partial charge in [0.25, 0.3) is 15.9 Å². The zero-order valence-electron chi connectivity index (χ0n) is 24.6. The van der Waals surface area contributed by atoms with Crippen LogP contribution in [0.3, 0.4) is 0 Å². The van der Waals surface area contributed by atoms with Crippen molar-refractivity contribution in [3.63, 3.8) is 0 Å². The van der Waals surface area contributed by atoms with Gasteiger partial charge in [-0.05, 0) is 109 Å². The number of sulfonamides is 1. The monoisotopic (exact) mass is 609 g/mol. The summed E-state index contributed by atoms with van der Waals surface area (Å²) in [6.45, 7) is 0. The van der Waals surface area contributed by atoms with Crippen LogP contribution < -0.4 is 24.8 Å². The highest BCUT2D eigenvalue weighted by Crippen LogP contribution is 2.63. The number of carbonyl (C=O) groups is 1. The molecule has 4 aromatic rings. The average Bonchev–Trinajstić information content (AvgIpc) is 3.68. The van der Waals surface area contributed by atoms with Gasteiger partial charge < -0.3 is 20.1 Å². The third-order valence-electron chi connectivity index (χ3n) is 9.58. The fourth-order valence-corrected chi connectivity index (χ4v) is 8.70. The van der Waals surface area contributed by atoms with E-state index in [1.807, 2.05) is 12.1 Å². The second-order valence-electron chi connectivity index (χ2n) is 11.9. The number of amides is 1. The Hall–Kier alpha value is -4.50. The minimum absolute atomic E-state index is 0.0514. The van der Waals surface area contributed by atoms with Gasteiger partial charge in [0, 0.05) is 23.0 Å². The maximum absolute atomic E-state index is 13.4. The van der Waals surface area contributed by atoms with Gasteiger partial charge in [0.15, 0.2) is 0 Å². The smallest absolute Gasteiger partial charge is 0.262 e. The van der Waals surface area contributed by atoms with Crippen LogP contribution in [0.4, 0.5) is 17.1 Å². The largest absolute Gasteiger partial charge is 0.497 e. The molecular formula is C35H35N3O5S. The Bertz CT molecular complexity index is 1810. The van der Waals surface area contributed by atoms with Gasteiger partial charge in [-0.25, -0.2) is 8.42 Å². The first-order chi connectivity index (χ1) is 21.3. The number of rotatable bonds is 8. The Balaban J connectivity index is 1.09. The summed E-state index contributed by atoms with van der Waals surface area (Å²) in [4.78, 5) is 13.5. The first kappa shape index (κ1) is 28.3. The molecule has 2 saturated carbocycles. The summed E-state index contributed by atoms with van der Waals surface area (Å²) >= 11 is 0. The van der Waals surface area contributed by atoms with E-state index in [2.05, 4.69) is 51.8 Å². The molecule has 3 aliphatic rings.